The zero-order chi connectivity index (χ0) is 24.3. The highest BCUT2D eigenvalue weighted by Crippen LogP contribution is 2.35. The second-order valence-electron chi connectivity index (χ2n) is 9.38. The van der Waals surface area contributed by atoms with Gasteiger partial charge in [0.1, 0.15) is 5.69 Å². The van der Waals surface area contributed by atoms with Crippen LogP contribution in [-0.2, 0) is 10.2 Å². The SMILES string of the molecule is CCOC(=O)c1cc(C)c2cc(N=C(c3ccccc3)c3ccccc3)cc(C(C)(C)C)c2n1. The maximum Gasteiger partial charge on any atom is 0.356 e. The highest BCUT2D eigenvalue weighted by molar-refractivity contribution is 6.14. The Hall–Kier alpha value is -3.79. The van der Waals surface area contributed by atoms with E-state index < -0.39 is 5.97 Å². The molecule has 0 atom stereocenters. The summed E-state index contributed by atoms with van der Waals surface area (Å²) >= 11 is 0. The second kappa shape index (κ2) is 9.60. The van der Waals surface area contributed by atoms with E-state index in [4.69, 9.17) is 14.7 Å². The van der Waals surface area contributed by atoms with Crippen molar-refractivity contribution in [3.8, 4) is 0 Å². The first kappa shape index (κ1) is 23.4. The number of aromatic nitrogens is 1. The van der Waals surface area contributed by atoms with E-state index in [1.54, 1.807) is 13.0 Å². The van der Waals surface area contributed by atoms with Gasteiger partial charge in [-0.1, -0.05) is 81.4 Å². The van der Waals surface area contributed by atoms with E-state index in [1.165, 1.54) is 0 Å². The van der Waals surface area contributed by atoms with Gasteiger partial charge < -0.3 is 4.74 Å². The van der Waals surface area contributed by atoms with Crippen LogP contribution >= 0.6 is 0 Å². The van der Waals surface area contributed by atoms with Crippen LogP contribution in [0, 0.1) is 6.92 Å². The molecule has 0 unspecified atom stereocenters. The number of hydrogen-bond donors (Lipinski definition) is 0. The average Bonchev–Trinajstić information content (AvgIpc) is 2.83. The fourth-order valence-electron chi connectivity index (χ4n) is 4.04. The number of pyridine rings is 1. The van der Waals surface area contributed by atoms with E-state index >= 15 is 0 Å². The molecule has 3 aromatic carbocycles. The summed E-state index contributed by atoms with van der Waals surface area (Å²) in [5.41, 5.74) is 6.84. The summed E-state index contributed by atoms with van der Waals surface area (Å²) in [7, 11) is 0. The van der Waals surface area contributed by atoms with Crippen LogP contribution in [0.1, 0.15) is 60.4 Å². The maximum absolute atomic E-state index is 12.4. The highest BCUT2D eigenvalue weighted by atomic mass is 16.5. The van der Waals surface area contributed by atoms with Gasteiger partial charge in [-0.3, -0.25) is 0 Å². The minimum atomic E-state index is -0.398. The van der Waals surface area contributed by atoms with Gasteiger partial charge in [0.25, 0.3) is 0 Å². The molecule has 0 N–H and O–H groups in total. The number of carbonyl (C=O) groups is 1. The smallest absolute Gasteiger partial charge is 0.356 e. The molecule has 4 aromatic rings. The number of carbonyl (C=O) groups excluding carboxylic acids is 1. The van der Waals surface area contributed by atoms with E-state index in [1.807, 2.05) is 43.3 Å². The van der Waals surface area contributed by atoms with E-state index in [-0.39, 0.29) is 5.41 Å². The third-order valence-corrected chi connectivity index (χ3v) is 5.73. The largest absolute Gasteiger partial charge is 0.461 e. The van der Waals surface area contributed by atoms with E-state index in [0.29, 0.717) is 12.3 Å². The predicted molar refractivity (Wildman–Crippen MR) is 139 cm³/mol. The van der Waals surface area contributed by atoms with Gasteiger partial charge in [-0.05, 0) is 48.6 Å². The summed E-state index contributed by atoms with van der Waals surface area (Å²) in [6.45, 7) is 10.6. The van der Waals surface area contributed by atoms with Crippen LogP contribution in [0.3, 0.4) is 0 Å². The van der Waals surface area contributed by atoms with Crippen molar-refractivity contribution in [3.05, 3.63) is 107 Å². The van der Waals surface area contributed by atoms with Crippen LogP contribution in [0.25, 0.3) is 10.9 Å². The number of aryl methyl sites for hydroxylation is 1. The van der Waals surface area contributed by atoms with Crippen molar-refractivity contribution in [3.63, 3.8) is 0 Å². The minimum absolute atomic E-state index is 0.198. The van der Waals surface area contributed by atoms with Crippen LogP contribution in [0.4, 0.5) is 5.69 Å². The lowest BCUT2D eigenvalue weighted by molar-refractivity contribution is 0.0520. The van der Waals surface area contributed by atoms with Crippen molar-refractivity contribution in [2.75, 3.05) is 6.61 Å². The van der Waals surface area contributed by atoms with Crippen molar-refractivity contribution >= 4 is 28.3 Å². The molecule has 0 aliphatic rings. The summed E-state index contributed by atoms with van der Waals surface area (Å²) in [6, 6.07) is 26.4. The van der Waals surface area contributed by atoms with Crippen molar-refractivity contribution in [2.45, 2.75) is 40.0 Å². The first-order chi connectivity index (χ1) is 16.3. The molecule has 4 rings (SSSR count). The third-order valence-electron chi connectivity index (χ3n) is 5.73. The first-order valence-electron chi connectivity index (χ1n) is 11.6. The zero-order valence-corrected chi connectivity index (χ0v) is 20.4. The molecular weight excluding hydrogens is 420 g/mol. The molecule has 0 fully saturated rings. The van der Waals surface area contributed by atoms with E-state index in [2.05, 4.69) is 57.2 Å². The molecule has 0 radical (unpaired) electrons. The molecule has 4 heteroatoms. The molecule has 0 saturated carbocycles. The molecule has 1 heterocycles. The Bertz CT molecular complexity index is 1310. The number of nitrogens with zero attached hydrogens (tertiary/aromatic N) is 2. The molecular formula is C30H30N2O2. The number of ether oxygens (including phenoxy) is 1. The van der Waals surface area contributed by atoms with Crippen molar-refractivity contribution < 1.29 is 9.53 Å². The van der Waals surface area contributed by atoms with Gasteiger partial charge >= 0.3 is 5.97 Å². The van der Waals surface area contributed by atoms with E-state index in [0.717, 1.165) is 44.6 Å². The van der Waals surface area contributed by atoms with E-state index in [9.17, 15) is 4.79 Å². The molecule has 0 amide bonds. The standard InChI is InChI=1S/C30H30N2O2/c1-6-34-29(33)26-17-20(2)24-18-23(19-25(28(24)32-26)30(3,4)5)31-27(21-13-9-7-10-14-21)22-15-11-8-12-16-22/h7-19H,6H2,1-5H3. The molecule has 4 nitrogen and oxygen atoms in total. The molecule has 0 aliphatic heterocycles. The predicted octanol–water partition coefficient (Wildman–Crippen LogP) is 7.19. The quantitative estimate of drug-likeness (QED) is 0.239. The van der Waals surface area contributed by atoms with Gasteiger partial charge in [0.15, 0.2) is 0 Å². The summed E-state index contributed by atoms with van der Waals surface area (Å²) in [5, 5.41) is 0.986. The Morgan fingerprint density at radius 3 is 2.03 bits per heavy atom. The van der Waals surface area contributed by atoms with Gasteiger partial charge in [0.2, 0.25) is 0 Å². The molecule has 1 aromatic heterocycles. The Kier molecular flexibility index (Phi) is 6.60. The van der Waals surface area contributed by atoms with Gasteiger partial charge in [0.05, 0.1) is 23.5 Å². The van der Waals surface area contributed by atoms with Crippen LogP contribution in [-0.4, -0.2) is 23.3 Å². The lowest BCUT2D eigenvalue weighted by Crippen LogP contribution is -2.14. The van der Waals surface area contributed by atoms with Crippen LogP contribution in [0.2, 0.25) is 0 Å². The lowest BCUT2D eigenvalue weighted by atomic mass is 9.84. The molecule has 0 aliphatic carbocycles. The van der Waals surface area contributed by atoms with Gasteiger partial charge in [-0.25, -0.2) is 14.8 Å². The summed E-state index contributed by atoms with van der Waals surface area (Å²) in [4.78, 5) is 22.3. The average molecular weight is 451 g/mol. The van der Waals surface area contributed by atoms with Crippen LogP contribution in [0.15, 0.2) is 83.9 Å². The molecule has 0 spiro atoms. The van der Waals surface area contributed by atoms with Crippen molar-refractivity contribution in [2.24, 2.45) is 4.99 Å². The Morgan fingerprint density at radius 1 is 0.912 bits per heavy atom. The maximum atomic E-state index is 12.4. The molecule has 172 valence electrons. The molecule has 0 bridgehead atoms. The summed E-state index contributed by atoms with van der Waals surface area (Å²) < 4.78 is 5.21. The Labute approximate surface area is 201 Å². The zero-order valence-electron chi connectivity index (χ0n) is 20.4. The monoisotopic (exact) mass is 450 g/mol. The fourth-order valence-corrected chi connectivity index (χ4v) is 4.04. The Balaban J connectivity index is 1.97. The number of rotatable bonds is 5. The minimum Gasteiger partial charge on any atom is -0.461 e. The number of hydrogen-bond acceptors (Lipinski definition) is 4. The number of fused-ring (bicyclic) bond motifs is 1. The fraction of sp³-hybridized carbons (Fsp3) is 0.233. The van der Waals surface area contributed by atoms with Crippen molar-refractivity contribution in [1.29, 1.82) is 0 Å². The van der Waals surface area contributed by atoms with Gasteiger partial charge in [-0.15, -0.1) is 0 Å². The number of esters is 1. The van der Waals surface area contributed by atoms with Crippen molar-refractivity contribution in [1.82, 2.24) is 4.98 Å². The number of benzene rings is 3. The summed E-state index contributed by atoms with van der Waals surface area (Å²) in [6.07, 6.45) is 0. The highest BCUT2D eigenvalue weighted by Gasteiger charge is 2.22. The number of aliphatic imine (C=N–C) groups is 1. The van der Waals surface area contributed by atoms with Crippen LogP contribution < -0.4 is 0 Å². The normalized spacial score (nSPS) is 11.3. The Morgan fingerprint density at radius 2 is 1.50 bits per heavy atom. The topological polar surface area (TPSA) is 51.5 Å². The summed E-state index contributed by atoms with van der Waals surface area (Å²) in [5.74, 6) is -0.398. The second-order valence-corrected chi connectivity index (χ2v) is 9.38. The first-order valence-corrected chi connectivity index (χ1v) is 11.6. The van der Waals surface area contributed by atoms with Gasteiger partial charge in [-0.2, -0.15) is 0 Å². The third kappa shape index (κ3) is 4.91. The van der Waals surface area contributed by atoms with Crippen LogP contribution in [0.5, 0.6) is 0 Å². The molecule has 0 saturated heterocycles. The van der Waals surface area contributed by atoms with Gasteiger partial charge in [0, 0.05) is 16.5 Å². The lowest BCUT2D eigenvalue weighted by Gasteiger charge is -2.22. The molecule has 34 heavy (non-hydrogen) atoms.